The number of hydrogen-bond acceptors (Lipinski definition) is 4. The molecule has 0 bridgehead atoms. The minimum atomic E-state index is 0.316. The summed E-state index contributed by atoms with van der Waals surface area (Å²) >= 11 is 0. The number of anilines is 1. The van der Waals surface area contributed by atoms with Crippen LogP contribution in [0.1, 0.15) is 16.8 Å². The molecule has 0 saturated heterocycles. The van der Waals surface area contributed by atoms with Crippen LogP contribution in [-0.2, 0) is 18.0 Å². The van der Waals surface area contributed by atoms with Gasteiger partial charge in [0, 0.05) is 11.3 Å². The molecule has 1 aliphatic rings. The number of nitrogens with zero attached hydrogens (tertiary/aromatic N) is 2. The van der Waals surface area contributed by atoms with E-state index in [1.165, 1.54) is 11.1 Å². The minimum absolute atomic E-state index is 0.316. The van der Waals surface area contributed by atoms with E-state index in [4.69, 9.17) is 10.5 Å². The van der Waals surface area contributed by atoms with E-state index in [1.54, 1.807) is 0 Å². The molecule has 2 heterocycles. The predicted octanol–water partition coefficient (Wildman–Crippen LogP) is 2.06. The van der Waals surface area contributed by atoms with Crippen molar-refractivity contribution in [2.75, 3.05) is 5.73 Å². The second-order valence-corrected chi connectivity index (χ2v) is 4.23. The molecular weight excluding hydrogens is 214 g/mol. The van der Waals surface area contributed by atoms with Gasteiger partial charge in [-0.3, -0.25) is 0 Å². The third kappa shape index (κ3) is 1.87. The van der Waals surface area contributed by atoms with Crippen molar-refractivity contribution in [1.29, 1.82) is 0 Å². The molecule has 0 saturated carbocycles. The maximum Gasteiger partial charge on any atom is 0.220 e. The van der Waals surface area contributed by atoms with Gasteiger partial charge in [-0.15, -0.1) is 0 Å². The zero-order valence-electron chi connectivity index (χ0n) is 9.60. The SMILES string of the molecule is Cc1cc(-c2ccc3c(c2)COC3)nc(N)n1. The molecule has 1 aromatic carbocycles. The number of nitrogens with two attached hydrogens (primary N) is 1. The van der Waals surface area contributed by atoms with E-state index in [-0.39, 0.29) is 0 Å². The lowest BCUT2D eigenvalue weighted by Gasteiger charge is -2.05. The van der Waals surface area contributed by atoms with Crippen LogP contribution in [0.5, 0.6) is 0 Å². The van der Waals surface area contributed by atoms with Gasteiger partial charge >= 0.3 is 0 Å². The van der Waals surface area contributed by atoms with Crippen molar-refractivity contribution < 1.29 is 4.74 Å². The second-order valence-electron chi connectivity index (χ2n) is 4.23. The summed E-state index contributed by atoms with van der Waals surface area (Å²) < 4.78 is 5.40. The molecule has 0 atom stereocenters. The van der Waals surface area contributed by atoms with Crippen LogP contribution in [0.4, 0.5) is 5.95 Å². The van der Waals surface area contributed by atoms with Crippen LogP contribution >= 0.6 is 0 Å². The molecule has 1 aliphatic heterocycles. The number of ether oxygens (including phenoxy) is 1. The number of fused-ring (bicyclic) bond motifs is 1. The topological polar surface area (TPSA) is 61.0 Å². The average Bonchev–Trinajstić information content (AvgIpc) is 2.74. The molecule has 0 unspecified atom stereocenters. The summed E-state index contributed by atoms with van der Waals surface area (Å²) in [5.74, 6) is 0.316. The largest absolute Gasteiger partial charge is 0.372 e. The smallest absolute Gasteiger partial charge is 0.220 e. The van der Waals surface area contributed by atoms with Crippen molar-refractivity contribution in [1.82, 2.24) is 9.97 Å². The van der Waals surface area contributed by atoms with Crippen molar-refractivity contribution in [3.8, 4) is 11.3 Å². The number of rotatable bonds is 1. The normalized spacial score (nSPS) is 13.7. The van der Waals surface area contributed by atoms with Crippen molar-refractivity contribution in [2.24, 2.45) is 0 Å². The first-order valence-corrected chi connectivity index (χ1v) is 5.53. The molecule has 0 fully saturated rings. The fraction of sp³-hybridized carbons (Fsp3) is 0.231. The van der Waals surface area contributed by atoms with Crippen LogP contribution in [-0.4, -0.2) is 9.97 Å². The van der Waals surface area contributed by atoms with E-state index < -0.39 is 0 Å². The molecule has 0 radical (unpaired) electrons. The Hall–Kier alpha value is -1.94. The molecule has 0 aliphatic carbocycles. The molecule has 86 valence electrons. The van der Waals surface area contributed by atoms with E-state index in [2.05, 4.69) is 28.2 Å². The Balaban J connectivity index is 2.09. The number of aryl methyl sites for hydroxylation is 1. The summed E-state index contributed by atoms with van der Waals surface area (Å²) in [4.78, 5) is 8.33. The summed E-state index contributed by atoms with van der Waals surface area (Å²) in [7, 11) is 0. The van der Waals surface area contributed by atoms with Gasteiger partial charge in [-0.05, 0) is 30.2 Å². The van der Waals surface area contributed by atoms with E-state index >= 15 is 0 Å². The first-order valence-electron chi connectivity index (χ1n) is 5.53. The van der Waals surface area contributed by atoms with Gasteiger partial charge in [-0.2, -0.15) is 0 Å². The molecule has 3 rings (SSSR count). The minimum Gasteiger partial charge on any atom is -0.372 e. The highest BCUT2D eigenvalue weighted by Crippen LogP contribution is 2.26. The average molecular weight is 227 g/mol. The van der Waals surface area contributed by atoms with Gasteiger partial charge in [-0.1, -0.05) is 12.1 Å². The Morgan fingerprint density at radius 3 is 2.76 bits per heavy atom. The number of benzene rings is 1. The van der Waals surface area contributed by atoms with Crippen molar-refractivity contribution in [2.45, 2.75) is 20.1 Å². The van der Waals surface area contributed by atoms with Crippen LogP contribution in [0.2, 0.25) is 0 Å². The van der Waals surface area contributed by atoms with Gasteiger partial charge in [0.2, 0.25) is 5.95 Å². The van der Waals surface area contributed by atoms with Crippen molar-refractivity contribution >= 4 is 5.95 Å². The van der Waals surface area contributed by atoms with Crippen LogP contribution < -0.4 is 5.73 Å². The highest BCUT2D eigenvalue weighted by atomic mass is 16.5. The molecule has 1 aromatic heterocycles. The highest BCUT2D eigenvalue weighted by molar-refractivity contribution is 5.62. The lowest BCUT2D eigenvalue weighted by Crippen LogP contribution is -1.98. The van der Waals surface area contributed by atoms with Gasteiger partial charge < -0.3 is 10.5 Å². The number of aromatic nitrogens is 2. The van der Waals surface area contributed by atoms with Crippen LogP contribution in [0, 0.1) is 6.92 Å². The standard InChI is InChI=1S/C13H13N3O/c1-8-4-12(16-13(14)15-8)9-2-3-10-6-17-7-11(10)5-9/h2-5H,6-7H2,1H3,(H2,14,15,16). The number of nitrogen functional groups attached to an aromatic ring is 1. The van der Waals surface area contributed by atoms with Gasteiger partial charge in [-0.25, -0.2) is 9.97 Å². The molecular formula is C13H13N3O. The molecule has 2 N–H and O–H groups in total. The number of hydrogen-bond donors (Lipinski definition) is 1. The molecule has 4 nitrogen and oxygen atoms in total. The van der Waals surface area contributed by atoms with E-state index in [0.29, 0.717) is 19.2 Å². The summed E-state index contributed by atoms with van der Waals surface area (Å²) in [5, 5.41) is 0. The van der Waals surface area contributed by atoms with Crippen LogP contribution in [0.25, 0.3) is 11.3 Å². The Bertz CT molecular complexity index is 561. The van der Waals surface area contributed by atoms with Gasteiger partial charge in [0.25, 0.3) is 0 Å². The molecule has 0 amide bonds. The Morgan fingerprint density at radius 2 is 1.94 bits per heavy atom. The first kappa shape index (κ1) is 10.2. The van der Waals surface area contributed by atoms with Gasteiger partial charge in [0.15, 0.2) is 0 Å². The lowest BCUT2D eigenvalue weighted by atomic mass is 10.0. The second kappa shape index (κ2) is 3.82. The lowest BCUT2D eigenvalue weighted by molar-refractivity contribution is 0.134. The summed E-state index contributed by atoms with van der Waals surface area (Å²) in [6.07, 6.45) is 0. The quantitative estimate of drug-likeness (QED) is 0.810. The third-order valence-corrected chi connectivity index (χ3v) is 2.89. The van der Waals surface area contributed by atoms with Crippen molar-refractivity contribution in [3.05, 3.63) is 41.1 Å². The van der Waals surface area contributed by atoms with Gasteiger partial charge in [0.05, 0.1) is 18.9 Å². The summed E-state index contributed by atoms with van der Waals surface area (Å²) in [6.45, 7) is 3.31. The van der Waals surface area contributed by atoms with Crippen LogP contribution in [0.15, 0.2) is 24.3 Å². The molecule has 0 spiro atoms. The molecule has 2 aromatic rings. The molecule has 17 heavy (non-hydrogen) atoms. The summed E-state index contributed by atoms with van der Waals surface area (Å²) in [6, 6.07) is 8.19. The predicted molar refractivity (Wildman–Crippen MR) is 65.1 cm³/mol. The maximum atomic E-state index is 5.66. The van der Waals surface area contributed by atoms with Gasteiger partial charge in [0.1, 0.15) is 0 Å². The Morgan fingerprint density at radius 1 is 1.12 bits per heavy atom. The van der Waals surface area contributed by atoms with E-state index in [0.717, 1.165) is 17.0 Å². The third-order valence-electron chi connectivity index (χ3n) is 2.89. The fourth-order valence-corrected chi connectivity index (χ4v) is 2.07. The monoisotopic (exact) mass is 227 g/mol. The van der Waals surface area contributed by atoms with E-state index in [9.17, 15) is 0 Å². The van der Waals surface area contributed by atoms with E-state index in [1.807, 2.05) is 13.0 Å². The Labute approximate surface area is 99.5 Å². The fourth-order valence-electron chi connectivity index (χ4n) is 2.07. The molecule has 4 heteroatoms. The zero-order chi connectivity index (χ0) is 11.8. The first-order chi connectivity index (χ1) is 8.22. The van der Waals surface area contributed by atoms with Crippen LogP contribution in [0.3, 0.4) is 0 Å². The zero-order valence-corrected chi connectivity index (χ0v) is 9.60. The maximum absolute atomic E-state index is 5.66. The van der Waals surface area contributed by atoms with Crippen molar-refractivity contribution in [3.63, 3.8) is 0 Å². The Kier molecular flexibility index (Phi) is 2.30. The summed E-state index contributed by atoms with van der Waals surface area (Å²) in [5.41, 5.74) is 11.0. The highest BCUT2D eigenvalue weighted by Gasteiger charge is 2.12.